The molecule has 0 aliphatic rings. The minimum absolute atomic E-state index is 0.0524. The SMILES string of the molecule is CNNC(=O)CCCCCNCCCCCC(=O)NC. The van der Waals surface area contributed by atoms with Gasteiger partial charge in [0.05, 0.1) is 0 Å². The molecular formula is C14H30N4O2. The summed E-state index contributed by atoms with van der Waals surface area (Å²) in [6, 6.07) is 0. The van der Waals surface area contributed by atoms with Gasteiger partial charge in [-0.25, -0.2) is 5.43 Å². The average Bonchev–Trinajstić information content (AvgIpc) is 2.44. The van der Waals surface area contributed by atoms with Gasteiger partial charge in [0, 0.05) is 26.9 Å². The van der Waals surface area contributed by atoms with E-state index in [0.717, 1.165) is 51.6 Å². The van der Waals surface area contributed by atoms with Crippen molar-refractivity contribution in [2.45, 2.75) is 51.4 Å². The third-order valence-electron chi connectivity index (χ3n) is 3.06. The highest BCUT2D eigenvalue weighted by atomic mass is 16.2. The molecule has 0 aromatic carbocycles. The van der Waals surface area contributed by atoms with Crippen LogP contribution in [0.5, 0.6) is 0 Å². The second kappa shape index (κ2) is 14.3. The number of amides is 2. The lowest BCUT2D eigenvalue weighted by molar-refractivity contribution is -0.122. The zero-order chi connectivity index (χ0) is 15.1. The summed E-state index contributed by atoms with van der Waals surface area (Å²) in [4.78, 5) is 22.1. The molecule has 6 heteroatoms. The quantitative estimate of drug-likeness (QED) is 0.297. The van der Waals surface area contributed by atoms with Crippen LogP contribution in [-0.2, 0) is 9.59 Å². The lowest BCUT2D eigenvalue weighted by Gasteiger charge is -2.05. The Balaban J connectivity index is 3.10. The fourth-order valence-corrected chi connectivity index (χ4v) is 1.88. The Morgan fingerprint density at radius 1 is 0.750 bits per heavy atom. The molecule has 118 valence electrons. The van der Waals surface area contributed by atoms with E-state index >= 15 is 0 Å². The standard InChI is InChI=1S/C14H30N4O2/c1-15-13(19)9-5-3-7-11-17-12-8-4-6-10-14(20)18-16-2/h16-17H,3-12H2,1-2H3,(H,15,19)(H,18,20). The second-order valence-electron chi connectivity index (χ2n) is 4.84. The molecule has 0 unspecified atom stereocenters. The molecule has 0 aliphatic heterocycles. The molecule has 0 bridgehead atoms. The number of nitrogens with one attached hydrogen (secondary N) is 4. The molecule has 2 amide bonds. The van der Waals surface area contributed by atoms with Crippen LogP contribution in [0.1, 0.15) is 51.4 Å². The molecule has 0 saturated carbocycles. The summed E-state index contributed by atoms with van der Waals surface area (Å²) in [5, 5.41) is 6.01. The fraction of sp³-hybridized carbons (Fsp3) is 0.857. The van der Waals surface area contributed by atoms with E-state index < -0.39 is 0 Å². The molecule has 0 spiro atoms. The van der Waals surface area contributed by atoms with Crippen LogP contribution in [0.4, 0.5) is 0 Å². The molecule has 0 aromatic rings. The predicted octanol–water partition coefficient (Wildman–Crippen LogP) is 0.693. The van der Waals surface area contributed by atoms with Crippen molar-refractivity contribution in [2.24, 2.45) is 0 Å². The molecule has 0 heterocycles. The Kier molecular flexibility index (Phi) is 13.5. The molecule has 4 N–H and O–H groups in total. The van der Waals surface area contributed by atoms with Crippen molar-refractivity contribution in [3.05, 3.63) is 0 Å². The highest BCUT2D eigenvalue weighted by Gasteiger charge is 1.99. The van der Waals surface area contributed by atoms with E-state index in [2.05, 4.69) is 21.5 Å². The van der Waals surface area contributed by atoms with Crippen LogP contribution < -0.4 is 21.5 Å². The first-order valence-electron chi connectivity index (χ1n) is 7.57. The number of hydrogen-bond acceptors (Lipinski definition) is 4. The summed E-state index contributed by atoms with van der Waals surface area (Å²) >= 11 is 0. The van der Waals surface area contributed by atoms with E-state index in [1.54, 1.807) is 14.1 Å². The highest BCUT2D eigenvalue weighted by Crippen LogP contribution is 2.00. The molecule has 0 fully saturated rings. The molecule has 6 nitrogen and oxygen atoms in total. The van der Waals surface area contributed by atoms with Gasteiger partial charge in [-0.2, -0.15) is 0 Å². The number of carbonyl (C=O) groups is 2. The van der Waals surface area contributed by atoms with Crippen LogP contribution >= 0.6 is 0 Å². The third-order valence-corrected chi connectivity index (χ3v) is 3.06. The van der Waals surface area contributed by atoms with Gasteiger partial charge >= 0.3 is 0 Å². The van der Waals surface area contributed by atoms with Gasteiger partial charge in [-0.05, 0) is 38.8 Å². The summed E-state index contributed by atoms with van der Waals surface area (Å²) < 4.78 is 0. The number of hydrogen-bond donors (Lipinski definition) is 4. The Hall–Kier alpha value is -1.14. The number of carbonyl (C=O) groups excluding carboxylic acids is 2. The van der Waals surface area contributed by atoms with E-state index in [1.165, 1.54) is 0 Å². The topological polar surface area (TPSA) is 82.3 Å². The molecule has 0 atom stereocenters. The third kappa shape index (κ3) is 13.3. The molecular weight excluding hydrogens is 256 g/mol. The smallest absolute Gasteiger partial charge is 0.234 e. The van der Waals surface area contributed by atoms with Crippen LogP contribution in [0, 0.1) is 0 Å². The zero-order valence-corrected chi connectivity index (χ0v) is 12.9. The molecule has 0 saturated heterocycles. The Bertz CT molecular complexity index is 260. The number of unbranched alkanes of at least 4 members (excludes halogenated alkanes) is 4. The summed E-state index contributed by atoms with van der Waals surface area (Å²) in [7, 11) is 3.36. The van der Waals surface area contributed by atoms with Gasteiger partial charge in [0.1, 0.15) is 0 Å². The number of rotatable bonds is 13. The summed E-state index contributed by atoms with van der Waals surface area (Å²) in [6.07, 6.45) is 7.48. The van der Waals surface area contributed by atoms with Gasteiger partial charge < -0.3 is 10.6 Å². The van der Waals surface area contributed by atoms with Crippen molar-refractivity contribution in [2.75, 3.05) is 27.2 Å². The first-order chi connectivity index (χ1) is 9.70. The summed E-state index contributed by atoms with van der Waals surface area (Å²) in [5.74, 6) is 0.178. The van der Waals surface area contributed by atoms with E-state index in [4.69, 9.17) is 0 Å². The molecule has 0 radical (unpaired) electrons. The van der Waals surface area contributed by atoms with E-state index in [0.29, 0.717) is 12.8 Å². The van der Waals surface area contributed by atoms with Gasteiger partial charge in [-0.1, -0.05) is 12.8 Å². The molecule has 0 aromatic heterocycles. The lowest BCUT2D eigenvalue weighted by Crippen LogP contribution is -2.33. The van der Waals surface area contributed by atoms with Gasteiger partial charge in [0.25, 0.3) is 0 Å². The predicted molar refractivity (Wildman–Crippen MR) is 81.1 cm³/mol. The average molecular weight is 286 g/mol. The highest BCUT2D eigenvalue weighted by molar-refractivity contribution is 5.75. The van der Waals surface area contributed by atoms with Crippen molar-refractivity contribution in [3.8, 4) is 0 Å². The Morgan fingerprint density at radius 3 is 1.80 bits per heavy atom. The van der Waals surface area contributed by atoms with Gasteiger partial charge in [0.15, 0.2) is 0 Å². The molecule has 0 aliphatic carbocycles. The van der Waals surface area contributed by atoms with E-state index in [9.17, 15) is 9.59 Å². The first-order valence-corrected chi connectivity index (χ1v) is 7.57. The monoisotopic (exact) mass is 286 g/mol. The largest absolute Gasteiger partial charge is 0.359 e. The molecule has 0 rings (SSSR count). The minimum atomic E-state index is 0.0524. The van der Waals surface area contributed by atoms with Crippen LogP contribution in [0.3, 0.4) is 0 Å². The summed E-state index contributed by atoms with van der Waals surface area (Å²) in [5.41, 5.74) is 5.18. The zero-order valence-electron chi connectivity index (χ0n) is 12.9. The van der Waals surface area contributed by atoms with Gasteiger partial charge in [-0.15, -0.1) is 0 Å². The maximum absolute atomic E-state index is 11.1. The fourth-order valence-electron chi connectivity index (χ4n) is 1.88. The first kappa shape index (κ1) is 18.9. The van der Waals surface area contributed by atoms with Crippen LogP contribution in [0.25, 0.3) is 0 Å². The van der Waals surface area contributed by atoms with Crippen molar-refractivity contribution in [1.29, 1.82) is 0 Å². The summed E-state index contributed by atoms with van der Waals surface area (Å²) in [6.45, 7) is 2.01. The maximum Gasteiger partial charge on any atom is 0.234 e. The van der Waals surface area contributed by atoms with Crippen molar-refractivity contribution < 1.29 is 9.59 Å². The minimum Gasteiger partial charge on any atom is -0.359 e. The lowest BCUT2D eigenvalue weighted by atomic mass is 10.1. The van der Waals surface area contributed by atoms with Crippen LogP contribution in [-0.4, -0.2) is 39.0 Å². The van der Waals surface area contributed by atoms with E-state index in [1.807, 2.05) is 0 Å². The van der Waals surface area contributed by atoms with Crippen LogP contribution in [0.15, 0.2) is 0 Å². The van der Waals surface area contributed by atoms with Gasteiger partial charge in [0.2, 0.25) is 11.8 Å². The normalized spacial score (nSPS) is 10.3. The second-order valence-corrected chi connectivity index (χ2v) is 4.84. The maximum atomic E-state index is 11.1. The number of hydrazine groups is 1. The van der Waals surface area contributed by atoms with E-state index in [-0.39, 0.29) is 11.8 Å². The molecule has 20 heavy (non-hydrogen) atoms. The van der Waals surface area contributed by atoms with Crippen molar-refractivity contribution in [1.82, 2.24) is 21.5 Å². The van der Waals surface area contributed by atoms with Crippen molar-refractivity contribution >= 4 is 11.8 Å². The Labute approximate surface area is 122 Å². The van der Waals surface area contributed by atoms with Crippen LogP contribution in [0.2, 0.25) is 0 Å². The van der Waals surface area contributed by atoms with Crippen molar-refractivity contribution in [3.63, 3.8) is 0 Å². The van der Waals surface area contributed by atoms with Gasteiger partial charge in [-0.3, -0.25) is 15.0 Å². The Morgan fingerprint density at radius 2 is 1.30 bits per heavy atom.